The third-order valence-corrected chi connectivity index (χ3v) is 6.20. The van der Waals surface area contributed by atoms with Crippen LogP contribution < -0.4 is 5.32 Å². The van der Waals surface area contributed by atoms with Gasteiger partial charge >= 0.3 is 5.97 Å². The second kappa shape index (κ2) is 10.6. The number of benzene rings is 2. The molecular weight excluding hydrogens is 416 g/mol. The van der Waals surface area contributed by atoms with Crippen molar-refractivity contribution in [1.82, 2.24) is 0 Å². The van der Waals surface area contributed by atoms with Crippen molar-refractivity contribution >= 4 is 40.0 Å². The summed E-state index contributed by atoms with van der Waals surface area (Å²) in [5.74, 6) is 0.209. The van der Waals surface area contributed by atoms with Gasteiger partial charge in [0.2, 0.25) is 5.91 Å². The summed E-state index contributed by atoms with van der Waals surface area (Å²) in [6.45, 7) is 2.01. The largest absolute Gasteiger partial charge is 0.462 e. The highest BCUT2D eigenvalue weighted by Gasteiger charge is 2.19. The van der Waals surface area contributed by atoms with Crippen LogP contribution in [0.2, 0.25) is 0 Å². The summed E-state index contributed by atoms with van der Waals surface area (Å²) in [6, 6.07) is 20.9. The van der Waals surface area contributed by atoms with Gasteiger partial charge in [0.05, 0.1) is 29.6 Å². The van der Waals surface area contributed by atoms with Gasteiger partial charge in [-0.15, -0.1) is 23.1 Å². The van der Waals surface area contributed by atoms with E-state index in [-0.39, 0.29) is 18.3 Å². The second-order valence-corrected chi connectivity index (χ2v) is 8.33. The van der Waals surface area contributed by atoms with Crippen LogP contribution in [-0.2, 0) is 15.3 Å². The van der Waals surface area contributed by atoms with Crippen LogP contribution in [0.4, 0.5) is 5.00 Å². The first-order valence-corrected chi connectivity index (χ1v) is 11.3. The van der Waals surface area contributed by atoms with E-state index < -0.39 is 5.97 Å². The minimum Gasteiger partial charge on any atom is -0.462 e. The van der Waals surface area contributed by atoms with E-state index >= 15 is 0 Å². The maximum Gasteiger partial charge on any atom is 0.341 e. The molecule has 0 unspecified atom stereocenters. The SMILES string of the molecule is CCOC(=O)c1cc(-c2ccccc2)sc1NC(=O)CSCc1cccc(C#N)c1. The minimum atomic E-state index is -0.452. The lowest BCUT2D eigenvalue weighted by molar-refractivity contribution is -0.113. The van der Waals surface area contributed by atoms with Gasteiger partial charge in [0.1, 0.15) is 5.00 Å². The highest BCUT2D eigenvalue weighted by atomic mass is 32.2. The Morgan fingerprint density at radius 1 is 1.13 bits per heavy atom. The fourth-order valence-corrected chi connectivity index (χ4v) is 4.59. The summed E-state index contributed by atoms with van der Waals surface area (Å²) in [4.78, 5) is 25.7. The van der Waals surface area contributed by atoms with Crippen LogP contribution in [0.15, 0.2) is 60.7 Å². The molecule has 0 atom stereocenters. The van der Waals surface area contributed by atoms with Crippen LogP contribution in [0.25, 0.3) is 10.4 Å². The summed E-state index contributed by atoms with van der Waals surface area (Å²) >= 11 is 2.80. The molecule has 1 amide bonds. The van der Waals surface area contributed by atoms with Gasteiger partial charge in [0.25, 0.3) is 0 Å². The van der Waals surface area contributed by atoms with Gasteiger partial charge in [-0.2, -0.15) is 5.26 Å². The number of carbonyl (C=O) groups excluding carboxylic acids is 2. The molecular formula is C23H20N2O3S2. The van der Waals surface area contributed by atoms with Gasteiger partial charge in [-0.1, -0.05) is 42.5 Å². The number of amides is 1. The lowest BCUT2D eigenvalue weighted by Gasteiger charge is -2.06. The number of anilines is 1. The van der Waals surface area contributed by atoms with Gasteiger partial charge in [-0.25, -0.2) is 4.79 Å². The number of rotatable bonds is 8. The Balaban J connectivity index is 1.68. The molecule has 1 aromatic heterocycles. The summed E-state index contributed by atoms with van der Waals surface area (Å²) in [5.41, 5.74) is 2.92. The number of thioether (sulfide) groups is 1. The van der Waals surface area contributed by atoms with Crippen molar-refractivity contribution in [2.75, 3.05) is 17.7 Å². The van der Waals surface area contributed by atoms with E-state index in [9.17, 15) is 9.59 Å². The number of nitrogens with zero attached hydrogens (tertiary/aromatic N) is 1. The Labute approximate surface area is 183 Å². The molecule has 3 rings (SSSR count). The van der Waals surface area contributed by atoms with Crippen molar-refractivity contribution in [3.05, 3.63) is 77.4 Å². The number of nitrogens with one attached hydrogen (secondary N) is 1. The standard InChI is InChI=1S/C23H20N2O3S2/c1-2-28-23(27)19-12-20(18-9-4-3-5-10-18)30-22(19)25-21(26)15-29-14-17-8-6-7-16(11-17)13-24/h3-12H,2,14-15H2,1H3,(H,25,26). The van der Waals surface area contributed by atoms with E-state index in [0.717, 1.165) is 16.0 Å². The third kappa shape index (κ3) is 5.72. The van der Waals surface area contributed by atoms with Crippen LogP contribution in [-0.4, -0.2) is 24.2 Å². The normalized spacial score (nSPS) is 10.3. The average Bonchev–Trinajstić information content (AvgIpc) is 3.18. The van der Waals surface area contributed by atoms with Crippen LogP contribution in [0.5, 0.6) is 0 Å². The van der Waals surface area contributed by atoms with Gasteiger partial charge in [0, 0.05) is 10.6 Å². The summed E-state index contributed by atoms with van der Waals surface area (Å²) in [6.07, 6.45) is 0. The fraction of sp³-hybridized carbons (Fsp3) is 0.174. The topological polar surface area (TPSA) is 79.2 Å². The van der Waals surface area contributed by atoms with Crippen LogP contribution in [0, 0.1) is 11.3 Å². The van der Waals surface area contributed by atoms with Crippen molar-refractivity contribution in [1.29, 1.82) is 5.26 Å². The molecule has 5 nitrogen and oxygen atoms in total. The zero-order valence-corrected chi connectivity index (χ0v) is 18.0. The quantitative estimate of drug-likeness (QED) is 0.483. The molecule has 2 aromatic carbocycles. The first-order valence-electron chi connectivity index (χ1n) is 9.33. The molecule has 0 aliphatic rings. The van der Waals surface area contributed by atoms with Crippen LogP contribution in [0.1, 0.15) is 28.4 Å². The van der Waals surface area contributed by atoms with Crippen molar-refractivity contribution in [3.8, 4) is 16.5 Å². The summed E-state index contributed by atoms with van der Waals surface area (Å²) in [7, 11) is 0. The Morgan fingerprint density at radius 2 is 1.93 bits per heavy atom. The number of hydrogen-bond donors (Lipinski definition) is 1. The minimum absolute atomic E-state index is 0.191. The molecule has 0 aliphatic heterocycles. The molecule has 0 spiro atoms. The number of hydrogen-bond acceptors (Lipinski definition) is 6. The predicted molar refractivity (Wildman–Crippen MR) is 122 cm³/mol. The van der Waals surface area contributed by atoms with Crippen LogP contribution in [0.3, 0.4) is 0 Å². The van der Waals surface area contributed by atoms with E-state index in [4.69, 9.17) is 10.00 Å². The first-order chi connectivity index (χ1) is 14.6. The maximum absolute atomic E-state index is 12.5. The Hall–Kier alpha value is -3.08. The van der Waals surface area contributed by atoms with Gasteiger partial charge in [-0.05, 0) is 36.2 Å². The molecule has 1 heterocycles. The lowest BCUT2D eigenvalue weighted by atomic mass is 10.1. The Bertz CT molecular complexity index is 1070. The van der Waals surface area contributed by atoms with E-state index in [2.05, 4.69) is 11.4 Å². The molecule has 3 aromatic rings. The molecule has 7 heteroatoms. The Morgan fingerprint density at radius 3 is 2.67 bits per heavy atom. The molecule has 0 saturated heterocycles. The highest BCUT2D eigenvalue weighted by molar-refractivity contribution is 7.99. The van der Waals surface area contributed by atoms with Crippen molar-refractivity contribution in [2.45, 2.75) is 12.7 Å². The fourth-order valence-electron chi connectivity index (χ4n) is 2.74. The molecule has 152 valence electrons. The zero-order valence-electron chi connectivity index (χ0n) is 16.4. The summed E-state index contributed by atoms with van der Waals surface area (Å²) < 4.78 is 5.15. The zero-order chi connectivity index (χ0) is 21.3. The first kappa shape index (κ1) is 21.6. The van der Waals surface area contributed by atoms with Crippen molar-refractivity contribution in [2.24, 2.45) is 0 Å². The van der Waals surface area contributed by atoms with Crippen LogP contribution >= 0.6 is 23.1 Å². The monoisotopic (exact) mass is 436 g/mol. The average molecular weight is 437 g/mol. The van der Waals surface area contributed by atoms with Gasteiger partial charge in [-0.3, -0.25) is 4.79 Å². The van der Waals surface area contributed by atoms with Gasteiger partial charge in [0.15, 0.2) is 0 Å². The van der Waals surface area contributed by atoms with E-state index in [0.29, 0.717) is 21.9 Å². The molecule has 0 saturated carbocycles. The number of ether oxygens (including phenoxy) is 1. The Kier molecular flexibility index (Phi) is 7.66. The number of carbonyl (C=O) groups is 2. The number of thiophene rings is 1. The molecule has 1 N–H and O–H groups in total. The van der Waals surface area contributed by atoms with Crippen molar-refractivity contribution in [3.63, 3.8) is 0 Å². The number of nitriles is 1. The van der Waals surface area contributed by atoms with E-state index in [1.165, 1.54) is 23.1 Å². The summed E-state index contributed by atoms with van der Waals surface area (Å²) in [5, 5.41) is 12.3. The molecule has 0 radical (unpaired) electrons. The highest BCUT2D eigenvalue weighted by Crippen LogP contribution is 2.36. The lowest BCUT2D eigenvalue weighted by Crippen LogP contribution is -2.16. The molecule has 0 bridgehead atoms. The predicted octanol–water partition coefficient (Wildman–Crippen LogP) is 5.34. The smallest absolute Gasteiger partial charge is 0.341 e. The molecule has 30 heavy (non-hydrogen) atoms. The van der Waals surface area contributed by atoms with E-state index in [1.807, 2.05) is 48.5 Å². The number of esters is 1. The molecule has 0 fully saturated rings. The third-order valence-electron chi connectivity index (χ3n) is 4.10. The van der Waals surface area contributed by atoms with Crippen molar-refractivity contribution < 1.29 is 14.3 Å². The second-order valence-electron chi connectivity index (χ2n) is 6.29. The molecule has 0 aliphatic carbocycles. The van der Waals surface area contributed by atoms with E-state index in [1.54, 1.807) is 19.1 Å². The maximum atomic E-state index is 12.5. The van der Waals surface area contributed by atoms with Gasteiger partial charge < -0.3 is 10.1 Å².